The third-order valence-electron chi connectivity index (χ3n) is 6.87. The van der Waals surface area contributed by atoms with E-state index in [1.54, 1.807) is 0 Å². The smallest absolute Gasteiger partial charge is 0.410 e. The molecule has 6 heteroatoms. The number of H-pyrrole nitrogens is 1. The van der Waals surface area contributed by atoms with E-state index in [-0.39, 0.29) is 11.7 Å². The third kappa shape index (κ3) is 6.08. The van der Waals surface area contributed by atoms with E-state index >= 15 is 0 Å². The van der Waals surface area contributed by atoms with Crippen molar-refractivity contribution in [3.8, 4) is 22.6 Å². The van der Waals surface area contributed by atoms with Gasteiger partial charge in [0.05, 0.1) is 5.52 Å². The molecule has 1 N–H and O–H groups in total. The van der Waals surface area contributed by atoms with Gasteiger partial charge in [0, 0.05) is 24.5 Å². The van der Waals surface area contributed by atoms with Gasteiger partial charge in [0.1, 0.15) is 17.1 Å². The number of rotatable bonds is 4. The van der Waals surface area contributed by atoms with Crippen molar-refractivity contribution in [2.75, 3.05) is 13.1 Å². The zero-order chi connectivity index (χ0) is 26.7. The zero-order valence-corrected chi connectivity index (χ0v) is 22.2. The van der Waals surface area contributed by atoms with Crippen LogP contribution in [-0.2, 0) is 4.74 Å². The van der Waals surface area contributed by atoms with Gasteiger partial charge >= 0.3 is 6.09 Å². The summed E-state index contributed by atoms with van der Waals surface area (Å²) in [4.78, 5) is 29.3. The highest BCUT2D eigenvalue weighted by Gasteiger charge is 2.25. The Morgan fingerprint density at radius 2 is 1.68 bits per heavy atom. The van der Waals surface area contributed by atoms with E-state index in [2.05, 4.69) is 35.3 Å². The Morgan fingerprint density at radius 1 is 0.895 bits per heavy atom. The molecule has 196 valence electrons. The minimum Gasteiger partial charge on any atom is -0.456 e. The van der Waals surface area contributed by atoms with Gasteiger partial charge in [-0.1, -0.05) is 48.5 Å². The molecule has 38 heavy (non-hydrogen) atoms. The Bertz CT molecular complexity index is 1480. The van der Waals surface area contributed by atoms with E-state index in [0.29, 0.717) is 24.0 Å². The molecule has 4 aromatic rings. The minimum absolute atomic E-state index is 0.196. The first-order chi connectivity index (χ1) is 18.2. The number of carbonyl (C=O) groups excluding carboxylic acids is 1. The van der Waals surface area contributed by atoms with Crippen LogP contribution in [0.1, 0.15) is 51.5 Å². The summed E-state index contributed by atoms with van der Waals surface area (Å²) in [5, 5.41) is 0.857. The van der Waals surface area contributed by atoms with E-state index < -0.39 is 5.60 Å². The number of benzene rings is 3. The van der Waals surface area contributed by atoms with Crippen molar-refractivity contribution in [3.63, 3.8) is 0 Å². The molecule has 0 radical (unpaired) electrons. The largest absolute Gasteiger partial charge is 0.456 e. The maximum atomic E-state index is 12.5. The van der Waals surface area contributed by atoms with Crippen LogP contribution in [0.5, 0.6) is 11.5 Å². The van der Waals surface area contributed by atoms with Gasteiger partial charge < -0.3 is 19.4 Å². The van der Waals surface area contributed by atoms with E-state index in [0.717, 1.165) is 47.8 Å². The highest BCUT2D eigenvalue weighted by atomic mass is 16.6. The van der Waals surface area contributed by atoms with Crippen LogP contribution in [0.3, 0.4) is 0 Å². The lowest BCUT2D eigenvalue weighted by molar-refractivity contribution is 0.0256. The van der Waals surface area contributed by atoms with Crippen molar-refractivity contribution in [2.24, 2.45) is 0 Å². The molecule has 0 spiro atoms. The molecule has 5 rings (SSSR count). The first kappa shape index (κ1) is 25.6. The number of pyridine rings is 1. The van der Waals surface area contributed by atoms with Gasteiger partial charge in [0.2, 0.25) is 0 Å². The predicted octanol–water partition coefficient (Wildman–Crippen LogP) is 7.49. The van der Waals surface area contributed by atoms with Gasteiger partial charge in [0.15, 0.2) is 0 Å². The number of aromatic nitrogens is 1. The Labute approximate surface area is 223 Å². The molecule has 1 amide bonds. The second-order valence-electron chi connectivity index (χ2n) is 10.9. The Hall–Kier alpha value is -4.06. The average molecular weight is 511 g/mol. The number of aromatic amines is 1. The molecule has 1 aliphatic rings. The van der Waals surface area contributed by atoms with Crippen molar-refractivity contribution in [3.05, 3.63) is 94.8 Å². The number of nitrogens with zero attached hydrogens (tertiary/aromatic N) is 1. The number of carbonyl (C=O) groups is 1. The highest BCUT2D eigenvalue weighted by molar-refractivity contribution is 5.85. The minimum atomic E-state index is -0.479. The van der Waals surface area contributed by atoms with Crippen molar-refractivity contribution < 1.29 is 14.3 Å². The summed E-state index contributed by atoms with van der Waals surface area (Å²) in [5.41, 5.74) is 3.50. The molecule has 1 unspecified atom stereocenters. The van der Waals surface area contributed by atoms with E-state index in [4.69, 9.17) is 9.47 Å². The summed E-state index contributed by atoms with van der Waals surface area (Å²) in [6.07, 6.45) is 2.71. The lowest BCUT2D eigenvalue weighted by Gasteiger charge is -2.26. The van der Waals surface area contributed by atoms with Crippen molar-refractivity contribution in [2.45, 2.75) is 51.6 Å². The zero-order valence-electron chi connectivity index (χ0n) is 22.2. The number of fused-ring (bicyclic) bond motifs is 1. The Balaban J connectivity index is 1.28. The summed E-state index contributed by atoms with van der Waals surface area (Å²) in [6.45, 7) is 7.15. The topological polar surface area (TPSA) is 71.6 Å². The van der Waals surface area contributed by atoms with Crippen molar-refractivity contribution in [1.29, 1.82) is 0 Å². The fourth-order valence-corrected chi connectivity index (χ4v) is 5.01. The van der Waals surface area contributed by atoms with Gasteiger partial charge in [-0.05, 0) is 86.9 Å². The summed E-state index contributed by atoms with van der Waals surface area (Å²) in [6, 6.07) is 25.7. The van der Waals surface area contributed by atoms with Crippen molar-refractivity contribution in [1.82, 2.24) is 9.88 Å². The predicted molar refractivity (Wildman–Crippen MR) is 151 cm³/mol. The molecule has 0 saturated carbocycles. The number of para-hydroxylation sites is 1. The van der Waals surface area contributed by atoms with Gasteiger partial charge in [-0.25, -0.2) is 4.79 Å². The fourth-order valence-electron chi connectivity index (χ4n) is 5.01. The molecular formula is C32H34N2O4. The quantitative estimate of drug-likeness (QED) is 0.309. The van der Waals surface area contributed by atoms with Gasteiger partial charge in [0.25, 0.3) is 5.56 Å². The molecule has 2 heterocycles. The van der Waals surface area contributed by atoms with Crippen LogP contribution in [-0.4, -0.2) is 34.7 Å². The van der Waals surface area contributed by atoms with E-state index in [1.807, 2.05) is 68.1 Å². The molecule has 0 aliphatic carbocycles. The second-order valence-corrected chi connectivity index (χ2v) is 10.9. The van der Waals surface area contributed by atoms with Gasteiger partial charge in [-0.15, -0.1) is 0 Å². The molecule has 6 nitrogen and oxygen atoms in total. The Morgan fingerprint density at radius 3 is 2.47 bits per heavy atom. The van der Waals surface area contributed by atoms with E-state index in [9.17, 15) is 9.59 Å². The number of likely N-dealkylation sites (tertiary alicyclic amines) is 1. The molecular weight excluding hydrogens is 476 g/mol. The van der Waals surface area contributed by atoms with Gasteiger partial charge in [-0.3, -0.25) is 4.79 Å². The van der Waals surface area contributed by atoms with Crippen LogP contribution < -0.4 is 10.3 Å². The van der Waals surface area contributed by atoms with E-state index in [1.165, 1.54) is 11.6 Å². The molecule has 3 aromatic carbocycles. The molecule has 1 fully saturated rings. The summed E-state index contributed by atoms with van der Waals surface area (Å²) < 4.78 is 11.7. The standard InChI is InChI=1S/C32H34N2O4/c1-32(2,3)38-31(36)34-18-7-9-22(17-19-34)23-13-15-24(16-14-23)25-8-6-10-26(20-25)37-29-21-30(35)33-28-12-5-4-11-27(28)29/h4-6,8,10-16,20-22H,7,9,17-19H2,1-3H3,(H,33,35). The number of amides is 1. The summed E-state index contributed by atoms with van der Waals surface area (Å²) in [7, 11) is 0. The molecule has 1 saturated heterocycles. The maximum absolute atomic E-state index is 12.5. The van der Waals surface area contributed by atoms with Gasteiger partial charge in [-0.2, -0.15) is 0 Å². The van der Waals surface area contributed by atoms with Crippen LogP contribution in [0.15, 0.2) is 83.7 Å². The van der Waals surface area contributed by atoms with Crippen molar-refractivity contribution >= 4 is 17.0 Å². The van der Waals surface area contributed by atoms with Crippen LogP contribution in [0.4, 0.5) is 4.79 Å². The molecule has 0 bridgehead atoms. The van der Waals surface area contributed by atoms with Crippen LogP contribution in [0.2, 0.25) is 0 Å². The number of hydrogen-bond donors (Lipinski definition) is 1. The molecule has 1 aliphatic heterocycles. The maximum Gasteiger partial charge on any atom is 0.410 e. The van der Waals surface area contributed by atoms with Crippen LogP contribution in [0, 0.1) is 0 Å². The molecule has 1 atom stereocenters. The monoisotopic (exact) mass is 510 g/mol. The first-order valence-corrected chi connectivity index (χ1v) is 13.2. The second kappa shape index (κ2) is 10.7. The highest BCUT2D eigenvalue weighted by Crippen LogP contribution is 2.33. The molecule has 1 aromatic heterocycles. The summed E-state index contributed by atoms with van der Waals surface area (Å²) >= 11 is 0. The Kier molecular flexibility index (Phi) is 7.23. The lowest BCUT2D eigenvalue weighted by Crippen LogP contribution is -2.37. The fraction of sp³-hybridized carbons (Fsp3) is 0.312. The van der Waals surface area contributed by atoms with Crippen LogP contribution >= 0.6 is 0 Å². The van der Waals surface area contributed by atoms with Crippen LogP contribution in [0.25, 0.3) is 22.0 Å². The average Bonchev–Trinajstić information content (AvgIpc) is 3.15. The number of ether oxygens (including phenoxy) is 2. The normalized spacial score (nSPS) is 16.2. The number of nitrogens with one attached hydrogen (secondary N) is 1. The first-order valence-electron chi connectivity index (χ1n) is 13.2. The SMILES string of the molecule is CC(C)(C)OC(=O)N1CCCC(c2ccc(-c3cccc(Oc4cc(=O)[nH]c5ccccc45)c3)cc2)CC1. The third-order valence-corrected chi connectivity index (χ3v) is 6.87. The summed E-state index contributed by atoms with van der Waals surface area (Å²) in [5.74, 6) is 1.62. The number of hydrogen-bond acceptors (Lipinski definition) is 4. The lowest BCUT2D eigenvalue weighted by atomic mass is 9.91.